The molecule has 0 aliphatic heterocycles. The summed E-state index contributed by atoms with van der Waals surface area (Å²) in [5, 5.41) is 6.78. The Labute approximate surface area is 124 Å². The third-order valence-corrected chi connectivity index (χ3v) is 3.20. The summed E-state index contributed by atoms with van der Waals surface area (Å²) in [5.41, 5.74) is 1.68. The average molecular weight is 289 g/mol. The number of hydrogen-bond donors (Lipinski definition) is 2. The van der Waals surface area contributed by atoms with Crippen molar-refractivity contribution < 1.29 is 4.79 Å². The van der Waals surface area contributed by atoms with Crippen molar-refractivity contribution in [1.82, 2.24) is 0 Å². The van der Waals surface area contributed by atoms with Gasteiger partial charge in [-0.05, 0) is 42.8 Å². The Morgan fingerprint density at radius 1 is 1.05 bits per heavy atom. The molecular weight excluding hydrogens is 272 g/mol. The second-order valence-electron chi connectivity index (χ2n) is 4.47. The molecule has 0 unspecified atom stereocenters. The van der Waals surface area contributed by atoms with Gasteiger partial charge >= 0.3 is 0 Å². The van der Waals surface area contributed by atoms with E-state index < -0.39 is 0 Å². The van der Waals surface area contributed by atoms with E-state index in [2.05, 4.69) is 10.6 Å². The molecule has 1 atom stereocenters. The van der Waals surface area contributed by atoms with Gasteiger partial charge in [0.2, 0.25) is 5.91 Å². The normalized spacial score (nSPS) is 11.7. The lowest BCUT2D eigenvalue weighted by atomic mass is 10.2. The largest absolute Gasteiger partial charge is 0.374 e. The highest BCUT2D eigenvalue weighted by molar-refractivity contribution is 6.30. The number of para-hydroxylation sites is 1. The van der Waals surface area contributed by atoms with Gasteiger partial charge in [-0.2, -0.15) is 0 Å². The average Bonchev–Trinajstić information content (AvgIpc) is 2.47. The van der Waals surface area contributed by atoms with E-state index in [-0.39, 0.29) is 11.9 Å². The molecule has 0 saturated carbocycles. The van der Waals surface area contributed by atoms with E-state index in [0.717, 1.165) is 11.4 Å². The van der Waals surface area contributed by atoms with E-state index in [1.807, 2.05) is 49.4 Å². The molecule has 0 aliphatic carbocycles. The fourth-order valence-corrected chi connectivity index (χ4v) is 1.98. The van der Waals surface area contributed by atoms with E-state index in [0.29, 0.717) is 11.4 Å². The van der Waals surface area contributed by atoms with Gasteiger partial charge in [0, 0.05) is 16.4 Å². The molecule has 0 aliphatic rings. The maximum Gasteiger partial charge on any atom is 0.246 e. The van der Waals surface area contributed by atoms with E-state index in [4.69, 9.17) is 11.6 Å². The molecule has 0 bridgehead atoms. The molecule has 20 heavy (non-hydrogen) atoms. The van der Waals surface area contributed by atoms with Gasteiger partial charge in [-0.1, -0.05) is 36.7 Å². The van der Waals surface area contributed by atoms with Crippen LogP contribution in [0.5, 0.6) is 0 Å². The minimum absolute atomic E-state index is 0.0475. The summed E-state index contributed by atoms with van der Waals surface area (Å²) in [6.45, 7) is 1.97. The Hall–Kier alpha value is -2.00. The van der Waals surface area contributed by atoms with Gasteiger partial charge in [0.05, 0.1) is 0 Å². The molecule has 0 saturated heterocycles. The number of rotatable bonds is 5. The minimum Gasteiger partial charge on any atom is -0.374 e. The van der Waals surface area contributed by atoms with Crippen LogP contribution in [0.1, 0.15) is 13.3 Å². The summed E-state index contributed by atoms with van der Waals surface area (Å²) in [6, 6.07) is 16.5. The number of nitrogens with one attached hydrogen (secondary N) is 2. The molecule has 2 aromatic carbocycles. The number of carbonyl (C=O) groups excluding carboxylic acids is 1. The Kier molecular flexibility index (Phi) is 5.02. The molecule has 4 heteroatoms. The van der Waals surface area contributed by atoms with Crippen LogP contribution in [0.15, 0.2) is 54.6 Å². The first-order valence-corrected chi connectivity index (χ1v) is 6.95. The lowest BCUT2D eigenvalue weighted by Gasteiger charge is -2.18. The van der Waals surface area contributed by atoms with Crippen LogP contribution in [0.2, 0.25) is 5.02 Å². The topological polar surface area (TPSA) is 41.1 Å². The Bertz CT molecular complexity index is 554. The van der Waals surface area contributed by atoms with Crippen LogP contribution >= 0.6 is 11.6 Å². The van der Waals surface area contributed by atoms with Crippen LogP contribution in [0.25, 0.3) is 0 Å². The highest BCUT2D eigenvalue weighted by Gasteiger charge is 2.16. The predicted octanol–water partition coefficient (Wildman–Crippen LogP) is 4.17. The van der Waals surface area contributed by atoms with Gasteiger partial charge in [-0.15, -0.1) is 0 Å². The predicted molar refractivity (Wildman–Crippen MR) is 84.2 cm³/mol. The molecule has 0 heterocycles. The van der Waals surface area contributed by atoms with Crippen LogP contribution < -0.4 is 10.6 Å². The molecule has 104 valence electrons. The number of amides is 1. The Morgan fingerprint density at radius 2 is 1.70 bits per heavy atom. The number of carbonyl (C=O) groups is 1. The van der Waals surface area contributed by atoms with Gasteiger partial charge in [0.1, 0.15) is 6.04 Å². The van der Waals surface area contributed by atoms with Gasteiger partial charge < -0.3 is 10.6 Å². The molecule has 0 radical (unpaired) electrons. The zero-order chi connectivity index (χ0) is 14.4. The van der Waals surface area contributed by atoms with Crippen molar-refractivity contribution in [3.05, 3.63) is 59.6 Å². The molecule has 0 aromatic heterocycles. The van der Waals surface area contributed by atoms with Crippen LogP contribution in [0.3, 0.4) is 0 Å². The maximum absolute atomic E-state index is 12.2. The van der Waals surface area contributed by atoms with Gasteiger partial charge in [-0.25, -0.2) is 0 Å². The summed E-state index contributed by atoms with van der Waals surface area (Å²) in [4.78, 5) is 12.2. The second kappa shape index (κ2) is 6.96. The SMILES string of the molecule is CC[C@H](Nc1ccc(Cl)cc1)C(=O)Nc1ccccc1. The van der Waals surface area contributed by atoms with Crippen LogP contribution in [0, 0.1) is 0 Å². The lowest BCUT2D eigenvalue weighted by molar-refractivity contribution is -0.116. The standard InChI is InChI=1S/C16H17ClN2O/c1-2-15(18-14-10-8-12(17)9-11-14)16(20)19-13-6-4-3-5-7-13/h3-11,15,18H,2H2,1H3,(H,19,20)/t15-/m0/s1. The van der Waals surface area contributed by atoms with Crippen molar-refractivity contribution in [3.63, 3.8) is 0 Å². The number of halogens is 1. The molecule has 0 fully saturated rings. The van der Waals surface area contributed by atoms with E-state index in [9.17, 15) is 4.79 Å². The number of hydrogen-bond acceptors (Lipinski definition) is 2. The molecular formula is C16H17ClN2O. The Balaban J connectivity index is 2.00. The van der Waals surface area contributed by atoms with Gasteiger partial charge in [0.25, 0.3) is 0 Å². The first-order chi connectivity index (χ1) is 9.69. The highest BCUT2D eigenvalue weighted by atomic mass is 35.5. The monoisotopic (exact) mass is 288 g/mol. The minimum atomic E-state index is -0.281. The lowest BCUT2D eigenvalue weighted by Crippen LogP contribution is -2.34. The van der Waals surface area contributed by atoms with Crippen LogP contribution in [0.4, 0.5) is 11.4 Å². The van der Waals surface area contributed by atoms with Gasteiger partial charge in [-0.3, -0.25) is 4.79 Å². The first kappa shape index (κ1) is 14.4. The fraction of sp³-hybridized carbons (Fsp3) is 0.188. The highest BCUT2D eigenvalue weighted by Crippen LogP contribution is 2.16. The van der Waals surface area contributed by atoms with Crippen LogP contribution in [-0.4, -0.2) is 11.9 Å². The summed E-state index contributed by atoms with van der Waals surface area (Å²) >= 11 is 5.84. The van der Waals surface area contributed by atoms with Gasteiger partial charge in [0.15, 0.2) is 0 Å². The van der Waals surface area contributed by atoms with Crippen molar-refractivity contribution in [1.29, 1.82) is 0 Å². The van der Waals surface area contributed by atoms with E-state index in [1.54, 1.807) is 12.1 Å². The molecule has 2 aromatic rings. The summed E-state index contributed by atoms with van der Waals surface area (Å²) in [5.74, 6) is -0.0475. The molecule has 1 amide bonds. The Morgan fingerprint density at radius 3 is 2.30 bits per heavy atom. The summed E-state index contributed by atoms with van der Waals surface area (Å²) < 4.78 is 0. The van der Waals surface area contributed by atoms with Crippen molar-refractivity contribution in [3.8, 4) is 0 Å². The van der Waals surface area contributed by atoms with Crippen molar-refractivity contribution in [2.45, 2.75) is 19.4 Å². The van der Waals surface area contributed by atoms with Crippen molar-refractivity contribution in [2.24, 2.45) is 0 Å². The smallest absolute Gasteiger partial charge is 0.246 e. The quantitative estimate of drug-likeness (QED) is 0.867. The molecule has 3 nitrogen and oxygen atoms in total. The van der Waals surface area contributed by atoms with Crippen molar-refractivity contribution >= 4 is 28.9 Å². The molecule has 2 N–H and O–H groups in total. The van der Waals surface area contributed by atoms with Crippen LogP contribution in [-0.2, 0) is 4.79 Å². The zero-order valence-electron chi connectivity index (χ0n) is 11.3. The van der Waals surface area contributed by atoms with Crippen molar-refractivity contribution in [2.75, 3.05) is 10.6 Å². The first-order valence-electron chi connectivity index (χ1n) is 6.57. The van der Waals surface area contributed by atoms with E-state index >= 15 is 0 Å². The fourth-order valence-electron chi connectivity index (χ4n) is 1.85. The third kappa shape index (κ3) is 4.00. The number of benzene rings is 2. The molecule has 0 spiro atoms. The third-order valence-electron chi connectivity index (χ3n) is 2.95. The summed E-state index contributed by atoms with van der Waals surface area (Å²) in [7, 11) is 0. The zero-order valence-corrected chi connectivity index (χ0v) is 12.0. The second-order valence-corrected chi connectivity index (χ2v) is 4.90. The van der Waals surface area contributed by atoms with E-state index in [1.165, 1.54) is 0 Å². The maximum atomic E-state index is 12.2. The summed E-state index contributed by atoms with van der Waals surface area (Å²) in [6.07, 6.45) is 0.696. The molecule has 2 rings (SSSR count). The number of anilines is 2.